The van der Waals surface area contributed by atoms with Gasteiger partial charge in [-0.1, -0.05) is 0 Å². The van der Waals surface area contributed by atoms with E-state index < -0.39 is 0 Å². The monoisotopic (exact) mass is 318 g/mol. The second-order valence-corrected chi connectivity index (χ2v) is 5.45. The van der Waals surface area contributed by atoms with Gasteiger partial charge < -0.3 is 19.8 Å². The van der Waals surface area contributed by atoms with Crippen molar-refractivity contribution in [1.29, 1.82) is 0 Å². The van der Waals surface area contributed by atoms with Crippen molar-refractivity contribution in [2.45, 2.75) is 19.1 Å². The number of ether oxygens (including phenoxy) is 1. The van der Waals surface area contributed by atoms with E-state index in [1.54, 1.807) is 18.2 Å². The average Bonchev–Trinajstić information content (AvgIpc) is 3.04. The van der Waals surface area contributed by atoms with Crippen LogP contribution >= 0.6 is 0 Å². The molecule has 2 N–H and O–H groups in total. The molecule has 0 saturated carbocycles. The van der Waals surface area contributed by atoms with Gasteiger partial charge in [-0.3, -0.25) is 4.79 Å². The summed E-state index contributed by atoms with van der Waals surface area (Å²) >= 11 is 0. The number of nitrogens with one attached hydrogen (secondary N) is 2. The minimum atomic E-state index is -0.285. The van der Waals surface area contributed by atoms with Crippen LogP contribution in [-0.4, -0.2) is 31.7 Å². The lowest BCUT2D eigenvalue weighted by molar-refractivity contribution is -0.124. The molecule has 1 atom stereocenters. The Labute approximate surface area is 133 Å². The van der Waals surface area contributed by atoms with Crippen LogP contribution in [0.5, 0.6) is 0 Å². The molecule has 1 amide bonds. The summed E-state index contributed by atoms with van der Waals surface area (Å²) in [6, 6.07) is 9.70. The number of amides is 1. The van der Waals surface area contributed by atoms with Crippen LogP contribution in [0.2, 0.25) is 0 Å². The molecule has 1 fully saturated rings. The average molecular weight is 318 g/mol. The van der Waals surface area contributed by atoms with Crippen LogP contribution in [0.15, 0.2) is 40.8 Å². The van der Waals surface area contributed by atoms with Crippen molar-refractivity contribution in [3.63, 3.8) is 0 Å². The first-order valence-electron chi connectivity index (χ1n) is 7.64. The molecule has 1 aliphatic rings. The van der Waals surface area contributed by atoms with Crippen molar-refractivity contribution in [2.24, 2.45) is 0 Å². The van der Waals surface area contributed by atoms with Crippen molar-refractivity contribution < 1.29 is 18.3 Å². The van der Waals surface area contributed by atoms with Gasteiger partial charge in [0.05, 0.1) is 25.7 Å². The fourth-order valence-corrected chi connectivity index (χ4v) is 2.46. The van der Waals surface area contributed by atoms with Crippen molar-refractivity contribution in [1.82, 2.24) is 10.6 Å². The Bertz CT molecular complexity index is 648. The molecule has 2 heterocycles. The van der Waals surface area contributed by atoms with Crippen LogP contribution in [0.1, 0.15) is 12.2 Å². The zero-order chi connectivity index (χ0) is 16.1. The normalized spacial score (nSPS) is 17.9. The van der Waals surface area contributed by atoms with E-state index in [9.17, 15) is 9.18 Å². The summed E-state index contributed by atoms with van der Waals surface area (Å²) < 4.78 is 24.1. The summed E-state index contributed by atoms with van der Waals surface area (Å²) in [5.74, 6) is 0.945. The zero-order valence-electron chi connectivity index (χ0n) is 12.7. The van der Waals surface area contributed by atoms with Gasteiger partial charge in [0.25, 0.3) is 0 Å². The number of rotatable bonds is 5. The molecular formula is C17H19FN2O3. The highest BCUT2D eigenvalue weighted by atomic mass is 19.1. The van der Waals surface area contributed by atoms with Crippen LogP contribution in [0.25, 0.3) is 11.3 Å². The molecule has 6 heteroatoms. The first-order valence-corrected chi connectivity index (χ1v) is 7.64. The van der Waals surface area contributed by atoms with E-state index in [1.165, 1.54) is 12.1 Å². The Morgan fingerprint density at radius 1 is 1.26 bits per heavy atom. The highest BCUT2D eigenvalue weighted by molar-refractivity contribution is 5.76. The third kappa shape index (κ3) is 4.40. The van der Waals surface area contributed by atoms with Crippen LogP contribution in [0, 0.1) is 5.82 Å². The van der Waals surface area contributed by atoms with Gasteiger partial charge in [-0.15, -0.1) is 0 Å². The van der Waals surface area contributed by atoms with Crippen molar-refractivity contribution in [2.75, 3.05) is 19.7 Å². The topological polar surface area (TPSA) is 63.5 Å². The van der Waals surface area contributed by atoms with E-state index in [0.29, 0.717) is 37.6 Å². The SMILES string of the molecule is O=C(C[C@H]1CNCCO1)NCc1ccc(-c2ccc(F)cc2)o1. The summed E-state index contributed by atoms with van der Waals surface area (Å²) in [6.07, 6.45) is 0.258. The Hall–Kier alpha value is -2.18. The Morgan fingerprint density at radius 2 is 2.09 bits per heavy atom. The summed E-state index contributed by atoms with van der Waals surface area (Å²) in [6.45, 7) is 2.48. The molecule has 1 aromatic carbocycles. The molecule has 0 spiro atoms. The van der Waals surface area contributed by atoms with E-state index in [0.717, 1.165) is 12.1 Å². The Balaban J connectivity index is 1.50. The molecule has 2 aromatic rings. The van der Waals surface area contributed by atoms with Crippen LogP contribution in [0.4, 0.5) is 4.39 Å². The fraction of sp³-hybridized carbons (Fsp3) is 0.353. The van der Waals surface area contributed by atoms with Crippen LogP contribution in [-0.2, 0) is 16.1 Å². The molecule has 1 saturated heterocycles. The maximum Gasteiger partial charge on any atom is 0.223 e. The van der Waals surface area contributed by atoms with E-state index in [4.69, 9.17) is 9.15 Å². The van der Waals surface area contributed by atoms with Gasteiger partial charge in [0.15, 0.2) is 0 Å². The van der Waals surface area contributed by atoms with Crippen LogP contribution < -0.4 is 10.6 Å². The molecule has 1 aromatic heterocycles. The van der Waals surface area contributed by atoms with Gasteiger partial charge in [-0.25, -0.2) is 4.39 Å². The molecule has 0 radical (unpaired) electrons. The summed E-state index contributed by atoms with van der Waals surface area (Å²) in [7, 11) is 0. The number of morpholine rings is 1. The van der Waals surface area contributed by atoms with E-state index >= 15 is 0 Å². The maximum absolute atomic E-state index is 12.9. The predicted octanol–water partition coefficient (Wildman–Crippen LogP) is 2.08. The van der Waals surface area contributed by atoms with Gasteiger partial charge in [-0.2, -0.15) is 0 Å². The predicted molar refractivity (Wildman–Crippen MR) is 83.2 cm³/mol. The molecule has 0 unspecified atom stereocenters. The molecule has 0 bridgehead atoms. The highest BCUT2D eigenvalue weighted by Gasteiger charge is 2.17. The zero-order valence-corrected chi connectivity index (χ0v) is 12.7. The lowest BCUT2D eigenvalue weighted by Gasteiger charge is -2.22. The summed E-state index contributed by atoms with van der Waals surface area (Å²) in [5.41, 5.74) is 0.797. The van der Waals surface area contributed by atoms with Gasteiger partial charge in [0.1, 0.15) is 17.3 Å². The second-order valence-electron chi connectivity index (χ2n) is 5.45. The number of furan rings is 1. The number of benzene rings is 1. The minimum Gasteiger partial charge on any atom is -0.459 e. The number of hydrogen-bond donors (Lipinski definition) is 2. The molecule has 3 rings (SSSR count). The van der Waals surface area contributed by atoms with Crippen molar-refractivity contribution in [3.8, 4) is 11.3 Å². The standard InChI is InChI=1S/C17H19FN2O3/c18-13-3-1-12(2-4-13)16-6-5-14(23-16)11-20-17(21)9-15-10-19-7-8-22-15/h1-6,15,19H,7-11H2,(H,20,21)/t15-/m0/s1. The van der Waals surface area contributed by atoms with E-state index in [-0.39, 0.29) is 17.8 Å². The maximum atomic E-state index is 12.9. The molecule has 0 aliphatic carbocycles. The molecule has 5 nitrogen and oxygen atoms in total. The first-order chi connectivity index (χ1) is 11.2. The lowest BCUT2D eigenvalue weighted by atomic mass is 10.2. The number of halogens is 1. The molecule has 122 valence electrons. The number of carbonyl (C=O) groups is 1. The lowest BCUT2D eigenvalue weighted by Crippen LogP contribution is -2.41. The van der Waals surface area contributed by atoms with Gasteiger partial charge in [0, 0.05) is 18.7 Å². The quantitative estimate of drug-likeness (QED) is 0.886. The van der Waals surface area contributed by atoms with Crippen LogP contribution in [0.3, 0.4) is 0 Å². The van der Waals surface area contributed by atoms with Gasteiger partial charge in [0.2, 0.25) is 5.91 Å². The third-order valence-corrected chi connectivity index (χ3v) is 3.67. The Morgan fingerprint density at radius 3 is 2.83 bits per heavy atom. The summed E-state index contributed by atoms with van der Waals surface area (Å²) in [4.78, 5) is 11.9. The number of carbonyl (C=O) groups excluding carboxylic acids is 1. The van der Waals surface area contributed by atoms with E-state index in [1.807, 2.05) is 6.07 Å². The molecule has 23 heavy (non-hydrogen) atoms. The smallest absolute Gasteiger partial charge is 0.223 e. The molecule has 1 aliphatic heterocycles. The third-order valence-electron chi connectivity index (χ3n) is 3.67. The second kappa shape index (κ2) is 7.39. The fourth-order valence-electron chi connectivity index (χ4n) is 2.46. The van der Waals surface area contributed by atoms with Gasteiger partial charge >= 0.3 is 0 Å². The van der Waals surface area contributed by atoms with Crippen molar-refractivity contribution >= 4 is 5.91 Å². The minimum absolute atomic E-state index is 0.0709. The van der Waals surface area contributed by atoms with Crippen molar-refractivity contribution in [3.05, 3.63) is 48.0 Å². The largest absolute Gasteiger partial charge is 0.459 e. The van der Waals surface area contributed by atoms with Gasteiger partial charge in [-0.05, 0) is 36.4 Å². The summed E-state index contributed by atoms with van der Waals surface area (Å²) in [5, 5.41) is 6.01. The first kappa shape index (κ1) is 15.7. The van der Waals surface area contributed by atoms with E-state index in [2.05, 4.69) is 10.6 Å². The Kier molecular flexibility index (Phi) is 5.05. The molecular weight excluding hydrogens is 299 g/mol. The number of hydrogen-bond acceptors (Lipinski definition) is 4. The highest BCUT2D eigenvalue weighted by Crippen LogP contribution is 2.22.